The number of hydrogen-bond acceptors (Lipinski definition) is 5. The predicted molar refractivity (Wildman–Crippen MR) is 113 cm³/mol. The lowest BCUT2D eigenvalue weighted by molar-refractivity contribution is 0.0172. The van der Waals surface area contributed by atoms with Crippen molar-refractivity contribution in [3.05, 3.63) is 29.8 Å². The van der Waals surface area contributed by atoms with Crippen molar-refractivity contribution in [2.24, 2.45) is 10.4 Å². The molecule has 1 aromatic rings. The highest BCUT2D eigenvalue weighted by Crippen LogP contribution is 2.41. The third kappa shape index (κ3) is 3.91. The molecule has 0 radical (unpaired) electrons. The standard InChI is InChI=1S/C21H28N4OS/c1-20(2,3)23-18-17(24-10-12-26-13-11-24)21(4,5)19(27)25(18)16-8-6-15(14-22)7-9-16/h6-9,17H,10-13H2,1-5H3/t17-/m1/s1. The molecule has 2 aliphatic rings. The Morgan fingerprint density at radius 2 is 1.78 bits per heavy atom. The Labute approximate surface area is 167 Å². The Balaban J connectivity index is 2.11. The Morgan fingerprint density at radius 3 is 2.30 bits per heavy atom. The van der Waals surface area contributed by atoms with Gasteiger partial charge >= 0.3 is 0 Å². The van der Waals surface area contributed by atoms with Crippen molar-refractivity contribution in [2.45, 2.75) is 46.2 Å². The third-order valence-corrected chi connectivity index (χ3v) is 5.74. The number of rotatable bonds is 2. The van der Waals surface area contributed by atoms with Gasteiger partial charge in [-0.15, -0.1) is 0 Å². The lowest BCUT2D eigenvalue weighted by Crippen LogP contribution is -2.52. The number of benzene rings is 1. The number of aliphatic imine (C=N–C) groups is 1. The van der Waals surface area contributed by atoms with E-state index in [1.54, 1.807) is 0 Å². The van der Waals surface area contributed by atoms with Crippen molar-refractivity contribution in [2.75, 3.05) is 31.2 Å². The molecule has 0 bridgehead atoms. The van der Waals surface area contributed by atoms with Crippen LogP contribution in [0.2, 0.25) is 0 Å². The van der Waals surface area contributed by atoms with Gasteiger partial charge in [-0.05, 0) is 45.0 Å². The summed E-state index contributed by atoms with van der Waals surface area (Å²) in [7, 11) is 0. The van der Waals surface area contributed by atoms with Crippen molar-refractivity contribution in [1.29, 1.82) is 5.26 Å². The van der Waals surface area contributed by atoms with E-state index in [2.05, 4.69) is 50.5 Å². The maximum absolute atomic E-state index is 9.11. The first kappa shape index (κ1) is 19.9. The molecule has 3 rings (SSSR count). The molecule has 2 heterocycles. The average Bonchev–Trinajstić information content (AvgIpc) is 2.80. The zero-order valence-electron chi connectivity index (χ0n) is 16.8. The van der Waals surface area contributed by atoms with Gasteiger partial charge < -0.3 is 4.74 Å². The van der Waals surface area contributed by atoms with E-state index >= 15 is 0 Å². The lowest BCUT2D eigenvalue weighted by Gasteiger charge is -2.38. The molecule has 5 nitrogen and oxygen atoms in total. The van der Waals surface area contributed by atoms with Gasteiger partial charge in [0, 0.05) is 24.2 Å². The largest absolute Gasteiger partial charge is 0.379 e. The molecule has 0 unspecified atom stereocenters. The number of nitrogens with zero attached hydrogens (tertiary/aromatic N) is 4. The van der Waals surface area contributed by atoms with Crippen LogP contribution in [0.25, 0.3) is 0 Å². The van der Waals surface area contributed by atoms with E-state index < -0.39 is 0 Å². The first-order valence-electron chi connectivity index (χ1n) is 9.41. The molecule has 0 aliphatic carbocycles. The number of thiocarbonyl (C=S) groups is 1. The van der Waals surface area contributed by atoms with Crippen LogP contribution >= 0.6 is 12.2 Å². The highest BCUT2D eigenvalue weighted by Gasteiger charge is 2.52. The first-order valence-corrected chi connectivity index (χ1v) is 9.82. The van der Waals surface area contributed by atoms with Crippen LogP contribution < -0.4 is 4.90 Å². The zero-order chi connectivity index (χ0) is 19.8. The Morgan fingerprint density at radius 1 is 1.19 bits per heavy atom. The van der Waals surface area contributed by atoms with Crippen LogP contribution in [0.4, 0.5) is 5.69 Å². The van der Waals surface area contributed by atoms with Crippen LogP contribution in [0, 0.1) is 16.7 Å². The Kier molecular flexibility index (Phi) is 5.40. The van der Waals surface area contributed by atoms with Gasteiger partial charge in [0.25, 0.3) is 0 Å². The molecule has 0 N–H and O–H groups in total. The second-order valence-electron chi connectivity index (χ2n) is 8.71. The summed E-state index contributed by atoms with van der Waals surface area (Å²) in [4.78, 5) is 10.5. The van der Waals surface area contributed by atoms with Gasteiger partial charge in [0.2, 0.25) is 0 Å². The maximum atomic E-state index is 9.11. The third-order valence-electron chi connectivity index (χ3n) is 5.03. The molecular weight excluding hydrogens is 356 g/mol. The smallest absolute Gasteiger partial charge is 0.127 e. The normalized spacial score (nSPS) is 25.0. The average molecular weight is 385 g/mol. The number of ether oxygens (including phenoxy) is 1. The fraction of sp³-hybridized carbons (Fsp3) is 0.571. The topological polar surface area (TPSA) is 51.9 Å². The summed E-state index contributed by atoms with van der Waals surface area (Å²) in [6, 6.07) is 9.87. The SMILES string of the molecule is CC(C)(C)N=C1[C@@H](N2CCOCC2)C(C)(C)C(=S)N1c1ccc(C#N)cc1. The van der Waals surface area contributed by atoms with Crippen molar-refractivity contribution < 1.29 is 4.74 Å². The van der Waals surface area contributed by atoms with Crippen molar-refractivity contribution in [3.63, 3.8) is 0 Å². The van der Waals surface area contributed by atoms with Crippen molar-refractivity contribution in [3.8, 4) is 6.07 Å². The highest BCUT2D eigenvalue weighted by atomic mass is 32.1. The molecule has 0 aromatic heterocycles. The number of nitriles is 1. The van der Waals surface area contributed by atoms with Crippen LogP contribution in [-0.4, -0.2) is 53.6 Å². The molecule has 2 fully saturated rings. The first-order chi connectivity index (χ1) is 12.6. The minimum absolute atomic E-state index is 0.101. The fourth-order valence-electron chi connectivity index (χ4n) is 3.80. The molecule has 144 valence electrons. The Bertz CT molecular complexity index is 780. The minimum Gasteiger partial charge on any atom is -0.379 e. The van der Waals surface area contributed by atoms with Gasteiger partial charge in [0.05, 0.1) is 41.4 Å². The van der Waals surface area contributed by atoms with Crippen LogP contribution in [0.1, 0.15) is 40.2 Å². The Hall–Kier alpha value is -1.81. The van der Waals surface area contributed by atoms with E-state index in [-0.39, 0.29) is 17.0 Å². The highest BCUT2D eigenvalue weighted by molar-refractivity contribution is 7.80. The minimum atomic E-state index is -0.231. The summed E-state index contributed by atoms with van der Waals surface area (Å²) >= 11 is 5.95. The maximum Gasteiger partial charge on any atom is 0.127 e. The van der Waals surface area contributed by atoms with E-state index in [9.17, 15) is 0 Å². The van der Waals surface area contributed by atoms with Crippen LogP contribution in [0.15, 0.2) is 29.3 Å². The zero-order valence-corrected chi connectivity index (χ0v) is 17.6. The predicted octanol–water partition coefficient (Wildman–Crippen LogP) is 3.63. The molecule has 0 saturated carbocycles. The summed E-state index contributed by atoms with van der Waals surface area (Å²) in [5, 5.41) is 9.11. The van der Waals surface area contributed by atoms with Crippen LogP contribution in [0.5, 0.6) is 0 Å². The summed E-state index contributed by atoms with van der Waals surface area (Å²) in [6.07, 6.45) is 0. The molecule has 6 heteroatoms. The van der Waals surface area contributed by atoms with E-state index in [1.807, 2.05) is 24.3 Å². The van der Waals surface area contributed by atoms with Crippen LogP contribution in [-0.2, 0) is 4.74 Å². The molecule has 0 spiro atoms. The van der Waals surface area contributed by atoms with E-state index in [4.69, 9.17) is 27.2 Å². The number of morpholine rings is 1. The summed E-state index contributed by atoms with van der Waals surface area (Å²) < 4.78 is 5.57. The monoisotopic (exact) mass is 384 g/mol. The van der Waals surface area contributed by atoms with E-state index in [0.717, 1.165) is 42.8 Å². The second kappa shape index (κ2) is 7.31. The van der Waals surface area contributed by atoms with Gasteiger partial charge in [-0.3, -0.25) is 14.8 Å². The number of amidine groups is 1. The second-order valence-corrected chi connectivity index (χ2v) is 9.10. The van der Waals surface area contributed by atoms with Gasteiger partial charge in [0.15, 0.2) is 0 Å². The van der Waals surface area contributed by atoms with Crippen LogP contribution in [0.3, 0.4) is 0 Å². The molecular formula is C21H28N4OS. The summed E-state index contributed by atoms with van der Waals surface area (Å²) in [5.41, 5.74) is 1.15. The van der Waals surface area contributed by atoms with E-state index in [1.165, 1.54) is 0 Å². The molecule has 2 saturated heterocycles. The molecule has 2 aliphatic heterocycles. The fourth-order valence-corrected chi connectivity index (χ4v) is 4.11. The van der Waals surface area contributed by atoms with Crippen molar-refractivity contribution in [1.82, 2.24) is 4.90 Å². The van der Waals surface area contributed by atoms with Gasteiger partial charge in [-0.1, -0.05) is 26.1 Å². The molecule has 27 heavy (non-hydrogen) atoms. The molecule has 1 aromatic carbocycles. The van der Waals surface area contributed by atoms with Gasteiger partial charge in [-0.25, -0.2) is 0 Å². The van der Waals surface area contributed by atoms with Gasteiger partial charge in [-0.2, -0.15) is 5.26 Å². The lowest BCUT2D eigenvalue weighted by atomic mass is 9.85. The quantitative estimate of drug-likeness (QED) is 0.729. The number of hydrogen-bond donors (Lipinski definition) is 0. The number of anilines is 1. The van der Waals surface area contributed by atoms with Crippen molar-refractivity contribution >= 4 is 28.7 Å². The van der Waals surface area contributed by atoms with E-state index in [0.29, 0.717) is 5.56 Å². The summed E-state index contributed by atoms with van der Waals surface area (Å²) in [6.45, 7) is 14.0. The molecule has 1 atom stereocenters. The van der Waals surface area contributed by atoms with Gasteiger partial charge in [0.1, 0.15) is 5.84 Å². The molecule has 0 amide bonds. The summed E-state index contributed by atoms with van der Waals surface area (Å²) in [5.74, 6) is 0.990.